The molecule has 1 aromatic rings. The van der Waals surface area contributed by atoms with Crippen LogP contribution in [0, 0.1) is 0 Å². The predicted molar refractivity (Wildman–Crippen MR) is 104 cm³/mol. The van der Waals surface area contributed by atoms with E-state index in [0.717, 1.165) is 11.3 Å². The minimum Gasteiger partial charge on any atom is -0.326 e. The first-order valence-electron chi connectivity index (χ1n) is 8.30. The summed E-state index contributed by atoms with van der Waals surface area (Å²) in [4.78, 5) is 22.8. The van der Waals surface area contributed by atoms with E-state index in [9.17, 15) is 9.59 Å². The maximum atomic E-state index is 11.9. The van der Waals surface area contributed by atoms with Crippen LogP contribution < -0.4 is 5.32 Å². The molecule has 0 saturated carbocycles. The quantitative estimate of drug-likeness (QED) is 0.785. The summed E-state index contributed by atoms with van der Waals surface area (Å²) >= 11 is 0. The first kappa shape index (κ1) is 24.0. The van der Waals surface area contributed by atoms with E-state index in [-0.39, 0.29) is 17.7 Å². The molecule has 0 aliphatic heterocycles. The molecule has 1 rings (SSSR count). The van der Waals surface area contributed by atoms with Crippen LogP contribution in [0.25, 0.3) is 0 Å². The van der Waals surface area contributed by atoms with Crippen molar-refractivity contribution in [2.24, 2.45) is 0 Å². The molecule has 0 saturated heterocycles. The van der Waals surface area contributed by atoms with Crippen LogP contribution >= 0.6 is 9.39 Å². The van der Waals surface area contributed by atoms with E-state index in [2.05, 4.69) is 14.7 Å². The number of hydrogen-bond donors (Lipinski definition) is 1. The van der Waals surface area contributed by atoms with Gasteiger partial charge in [0.15, 0.2) is 0 Å². The van der Waals surface area contributed by atoms with Crippen molar-refractivity contribution in [3.05, 3.63) is 29.8 Å². The van der Waals surface area contributed by atoms with Crippen LogP contribution in [0.2, 0.25) is 0 Å². The second-order valence-electron chi connectivity index (χ2n) is 4.58. The molecule has 4 nitrogen and oxygen atoms in total. The molecule has 132 valence electrons. The highest BCUT2D eigenvalue weighted by atomic mass is 31.0. The van der Waals surface area contributed by atoms with Crippen molar-refractivity contribution in [1.29, 1.82) is 0 Å². The van der Waals surface area contributed by atoms with Gasteiger partial charge in [0.05, 0.1) is 6.04 Å². The van der Waals surface area contributed by atoms with Crippen molar-refractivity contribution in [3.8, 4) is 0 Å². The molecule has 1 aromatic carbocycles. The topological polar surface area (TPSA) is 49.4 Å². The van der Waals surface area contributed by atoms with Crippen LogP contribution in [0.5, 0.6) is 0 Å². The highest BCUT2D eigenvalue weighted by Crippen LogP contribution is 2.16. The van der Waals surface area contributed by atoms with Crippen LogP contribution in [0.1, 0.15) is 53.5 Å². The van der Waals surface area contributed by atoms with Crippen LogP contribution in [-0.2, 0) is 16.0 Å². The number of carbonyl (C=O) groups excluding carboxylic acids is 2. The number of nitrogens with one attached hydrogen (secondary N) is 1. The number of nitrogens with zero attached hydrogens (tertiary/aromatic N) is 1. The van der Waals surface area contributed by atoms with Gasteiger partial charge >= 0.3 is 0 Å². The summed E-state index contributed by atoms with van der Waals surface area (Å²) in [7, 11) is 4.44. The number of rotatable bonds is 6. The third-order valence-electron chi connectivity index (χ3n) is 2.92. The van der Waals surface area contributed by atoms with Gasteiger partial charge in [0.2, 0.25) is 5.91 Å². The Hall–Kier alpha value is -1.25. The van der Waals surface area contributed by atoms with E-state index >= 15 is 0 Å². The zero-order valence-corrected chi connectivity index (χ0v) is 16.8. The van der Waals surface area contributed by atoms with Gasteiger partial charge in [-0.15, -0.1) is 0 Å². The molecule has 23 heavy (non-hydrogen) atoms. The molecule has 0 aliphatic carbocycles. The lowest BCUT2D eigenvalue weighted by atomic mass is 10.0. The third kappa shape index (κ3) is 10.2. The first-order valence-corrected chi connectivity index (χ1v) is 8.82. The van der Waals surface area contributed by atoms with E-state index in [0.29, 0.717) is 12.8 Å². The number of carbonyl (C=O) groups is 2. The van der Waals surface area contributed by atoms with Gasteiger partial charge in [0, 0.05) is 19.0 Å². The SMILES string of the molecule is CC.CC.CCC(=O)[C@H](Cc1ccc(NC(C)=O)cc1)N(C)P. The van der Waals surface area contributed by atoms with Crippen molar-refractivity contribution in [2.45, 2.75) is 60.4 Å². The molecule has 0 heterocycles. The molecule has 1 amide bonds. The van der Waals surface area contributed by atoms with Gasteiger partial charge in [-0.1, -0.05) is 56.1 Å². The Bertz CT molecular complexity index is 445. The Labute approximate surface area is 144 Å². The molecule has 2 atom stereocenters. The largest absolute Gasteiger partial charge is 0.326 e. The van der Waals surface area contributed by atoms with Crippen molar-refractivity contribution in [3.63, 3.8) is 0 Å². The van der Waals surface area contributed by atoms with E-state index in [1.165, 1.54) is 6.92 Å². The monoisotopic (exact) mass is 340 g/mol. The minimum absolute atomic E-state index is 0.0866. The number of ketones is 1. The van der Waals surface area contributed by atoms with Crippen LogP contribution in [0.15, 0.2) is 24.3 Å². The minimum atomic E-state index is -0.124. The predicted octanol–water partition coefficient (Wildman–Crippen LogP) is 4.31. The zero-order valence-electron chi connectivity index (χ0n) is 15.6. The van der Waals surface area contributed by atoms with Crippen LogP contribution in [0.4, 0.5) is 5.69 Å². The summed E-state index contributed by atoms with van der Waals surface area (Å²) in [5, 5.41) is 2.72. The van der Waals surface area contributed by atoms with Crippen molar-refractivity contribution < 1.29 is 9.59 Å². The highest BCUT2D eigenvalue weighted by Gasteiger charge is 2.19. The summed E-state index contributed by atoms with van der Waals surface area (Å²) in [6.07, 6.45) is 1.21. The van der Waals surface area contributed by atoms with Gasteiger partial charge in [-0.2, -0.15) is 0 Å². The first-order chi connectivity index (χ1) is 10.9. The second-order valence-corrected chi connectivity index (χ2v) is 5.40. The average molecular weight is 340 g/mol. The molecular weight excluding hydrogens is 307 g/mol. The molecule has 0 spiro atoms. The lowest BCUT2D eigenvalue weighted by Crippen LogP contribution is -2.33. The fraction of sp³-hybridized carbons (Fsp3) is 0.556. The Morgan fingerprint density at radius 3 is 1.96 bits per heavy atom. The zero-order chi connectivity index (χ0) is 18.4. The molecular formula is C18H33N2O2P. The molecule has 0 radical (unpaired) electrons. The normalized spacial score (nSPS) is 10.7. The molecule has 0 bridgehead atoms. The van der Waals surface area contributed by atoms with Gasteiger partial charge in [-0.3, -0.25) is 14.3 Å². The summed E-state index contributed by atoms with van der Waals surface area (Å²) in [5.74, 6) is 0.139. The Morgan fingerprint density at radius 1 is 1.13 bits per heavy atom. The van der Waals surface area contributed by atoms with Gasteiger partial charge in [-0.25, -0.2) is 0 Å². The van der Waals surface area contributed by atoms with Gasteiger partial charge in [0.1, 0.15) is 5.78 Å². The number of Topliss-reactive ketones (excluding diaryl/α,β-unsaturated/α-hetero) is 1. The Kier molecular flexibility index (Phi) is 15.0. The van der Waals surface area contributed by atoms with Crippen molar-refractivity contribution in [2.75, 3.05) is 12.4 Å². The van der Waals surface area contributed by atoms with E-state index in [1.807, 2.05) is 70.6 Å². The van der Waals surface area contributed by atoms with Crippen molar-refractivity contribution in [1.82, 2.24) is 4.67 Å². The number of benzene rings is 1. The maximum Gasteiger partial charge on any atom is 0.221 e. The van der Waals surface area contributed by atoms with E-state index in [4.69, 9.17) is 0 Å². The molecule has 0 aliphatic rings. The number of anilines is 1. The molecule has 1 N–H and O–H groups in total. The fourth-order valence-corrected chi connectivity index (χ4v) is 2.14. The molecule has 0 aromatic heterocycles. The standard InChI is InChI=1S/C14H21N2O2P.2C2H6/c1-4-14(18)13(16(3)19)9-11-5-7-12(8-6-11)15-10(2)17;2*1-2/h5-8,13H,4,9,19H2,1-3H3,(H,15,17);2*1-2H3/t13-;;/m0../s1. The van der Waals surface area contributed by atoms with Crippen molar-refractivity contribution >= 4 is 26.8 Å². The van der Waals surface area contributed by atoms with Gasteiger partial charge in [0.25, 0.3) is 0 Å². The summed E-state index contributed by atoms with van der Waals surface area (Å²) in [6, 6.07) is 7.46. The number of amides is 1. The van der Waals surface area contributed by atoms with Crippen LogP contribution in [0.3, 0.4) is 0 Å². The average Bonchev–Trinajstić information content (AvgIpc) is 2.56. The number of hydrogen-bond acceptors (Lipinski definition) is 3. The molecule has 5 heteroatoms. The molecule has 1 unspecified atom stereocenters. The maximum absolute atomic E-state index is 11.9. The summed E-state index contributed by atoms with van der Waals surface area (Å²) in [5.41, 5.74) is 1.85. The van der Waals surface area contributed by atoms with Gasteiger partial charge < -0.3 is 5.32 Å². The van der Waals surface area contributed by atoms with Crippen LogP contribution in [-0.4, -0.2) is 29.5 Å². The lowest BCUT2D eigenvalue weighted by Gasteiger charge is -2.22. The number of likely N-dealkylation sites (N-methyl/N-ethyl adjacent to an activating group) is 1. The fourth-order valence-electron chi connectivity index (χ4n) is 1.87. The highest BCUT2D eigenvalue weighted by molar-refractivity contribution is 7.13. The van der Waals surface area contributed by atoms with Gasteiger partial charge in [-0.05, 0) is 31.2 Å². The lowest BCUT2D eigenvalue weighted by molar-refractivity contribution is -0.122. The Morgan fingerprint density at radius 2 is 1.61 bits per heavy atom. The van der Waals surface area contributed by atoms with E-state index in [1.54, 1.807) is 0 Å². The smallest absolute Gasteiger partial charge is 0.221 e. The summed E-state index contributed by atoms with van der Waals surface area (Å²) in [6.45, 7) is 11.4. The molecule has 0 fully saturated rings. The third-order valence-corrected chi connectivity index (χ3v) is 3.27. The van der Waals surface area contributed by atoms with E-state index < -0.39 is 0 Å². The summed E-state index contributed by atoms with van der Waals surface area (Å²) < 4.78 is 1.87. The second kappa shape index (κ2) is 14.3. The Balaban J connectivity index is 0.